The van der Waals surface area contributed by atoms with Crippen molar-refractivity contribution in [3.8, 4) is 0 Å². The predicted octanol–water partition coefficient (Wildman–Crippen LogP) is 2.95. The van der Waals surface area contributed by atoms with Gasteiger partial charge in [0.1, 0.15) is 4.88 Å². The van der Waals surface area contributed by atoms with E-state index in [0.29, 0.717) is 34.4 Å². The normalized spacial score (nSPS) is 12.7. The average Bonchev–Trinajstić information content (AvgIpc) is 2.75. The molecule has 1 heterocycles. The lowest BCUT2D eigenvalue weighted by atomic mass is 10.1. The van der Waals surface area contributed by atoms with Crippen molar-refractivity contribution in [1.29, 1.82) is 0 Å². The zero-order chi connectivity index (χ0) is 13.5. The molecule has 0 saturated carbocycles. The van der Waals surface area contributed by atoms with Gasteiger partial charge in [0.05, 0.1) is 0 Å². The van der Waals surface area contributed by atoms with Crippen molar-refractivity contribution in [2.75, 3.05) is 6.61 Å². The number of alkyl halides is 2. The van der Waals surface area contributed by atoms with Crippen LogP contribution in [-0.2, 0) is 0 Å². The van der Waals surface area contributed by atoms with Gasteiger partial charge in [-0.25, -0.2) is 0 Å². The highest BCUT2D eigenvalue weighted by atomic mass is 32.2. The van der Waals surface area contributed by atoms with Gasteiger partial charge in [-0.3, -0.25) is 4.79 Å². The number of thioether (sulfide) groups is 1. The molecule has 1 amide bonds. The number of aliphatic hydroxyl groups excluding tert-OH is 1. The largest absolute Gasteiger partial charge is 0.396 e. The van der Waals surface area contributed by atoms with E-state index in [1.165, 1.54) is 6.07 Å². The van der Waals surface area contributed by atoms with Gasteiger partial charge in [0.25, 0.3) is 11.7 Å². The Hall–Kier alpha value is -0.660. The van der Waals surface area contributed by atoms with Gasteiger partial charge < -0.3 is 10.4 Å². The maximum absolute atomic E-state index is 12.3. The second-order valence-electron chi connectivity index (χ2n) is 3.58. The summed E-state index contributed by atoms with van der Waals surface area (Å²) in [5, 5.41) is 13.2. The maximum atomic E-state index is 12.3. The van der Waals surface area contributed by atoms with E-state index in [2.05, 4.69) is 5.32 Å². The minimum absolute atomic E-state index is 0.0120. The summed E-state index contributed by atoms with van der Waals surface area (Å²) >= 11 is 1.52. The lowest BCUT2D eigenvalue weighted by molar-refractivity contribution is 0.0930. The molecule has 2 N–H and O–H groups in total. The topological polar surface area (TPSA) is 49.3 Å². The van der Waals surface area contributed by atoms with Crippen LogP contribution in [0.5, 0.6) is 0 Å². The molecule has 0 aliphatic rings. The molecule has 18 heavy (non-hydrogen) atoms. The van der Waals surface area contributed by atoms with E-state index >= 15 is 0 Å². The molecule has 0 aliphatic heterocycles. The molecule has 7 heteroatoms. The third-order valence-corrected chi connectivity index (χ3v) is 4.17. The predicted molar refractivity (Wildman–Crippen MR) is 69.4 cm³/mol. The molecule has 0 bridgehead atoms. The van der Waals surface area contributed by atoms with Crippen LogP contribution in [0, 0.1) is 0 Å². The molecule has 0 spiro atoms. The Morgan fingerprint density at radius 2 is 2.33 bits per heavy atom. The summed E-state index contributed by atoms with van der Waals surface area (Å²) in [6.45, 7) is 1.88. The molecule has 1 atom stereocenters. The number of rotatable bonds is 7. The Morgan fingerprint density at radius 1 is 1.61 bits per heavy atom. The van der Waals surface area contributed by atoms with Crippen molar-refractivity contribution in [1.82, 2.24) is 5.32 Å². The molecule has 0 fully saturated rings. The first kappa shape index (κ1) is 15.4. The smallest absolute Gasteiger partial charge is 0.288 e. The highest BCUT2D eigenvalue weighted by molar-refractivity contribution is 7.99. The minimum Gasteiger partial charge on any atom is -0.396 e. The van der Waals surface area contributed by atoms with Gasteiger partial charge in [-0.05, 0) is 24.3 Å². The van der Waals surface area contributed by atoms with E-state index in [9.17, 15) is 13.6 Å². The van der Waals surface area contributed by atoms with E-state index in [0.717, 1.165) is 11.3 Å². The molecular formula is C11H15F2NO2S2. The lowest BCUT2D eigenvalue weighted by Gasteiger charge is -2.15. The molecule has 1 aromatic rings. The summed E-state index contributed by atoms with van der Waals surface area (Å²) in [4.78, 5) is 12.5. The molecule has 3 nitrogen and oxygen atoms in total. The number of hydrogen-bond donors (Lipinski definition) is 2. The molecule has 0 saturated heterocycles. The summed E-state index contributed by atoms with van der Waals surface area (Å²) < 4.78 is 24.6. The second-order valence-corrected chi connectivity index (χ2v) is 5.53. The van der Waals surface area contributed by atoms with Crippen molar-refractivity contribution in [3.63, 3.8) is 0 Å². The molecule has 1 unspecified atom stereocenters. The van der Waals surface area contributed by atoms with Gasteiger partial charge in [-0.2, -0.15) is 8.78 Å². The number of carbonyl (C=O) groups is 1. The first-order valence-corrected chi connectivity index (χ1v) is 7.28. The first-order valence-electron chi connectivity index (χ1n) is 5.52. The van der Waals surface area contributed by atoms with Crippen LogP contribution in [0.15, 0.2) is 16.3 Å². The van der Waals surface area contributed by atoms with Gasteiger partial charge in [0.2, 0.25) is 0 Å². The summed E-state index contributed by atoms with van der Waals surface area (Å²) in [6.07, 6.45) is 1.15. The fourth-order valence-electron chi connectivity index (χ4n) is 1.44. The Kier molecular flexibility index (Phi) is 6.59. The molecule has 1 aromatic heterocycles. The number of nitrogens with one attached hydrogen (secondary N) is 1. The van der Waals surface area contributed by atoms with Crippen molar-refractivity contribution >= 4 is 29.0 Å². The van der Waals surface area contributed by atoms with E-state index in [-0.39, 0.29) is 18.6 Å². The zero-order valence-corrected chi connectivity index (χ0v) is 11.5. The van der Waals surface area contributed by atoms with Crippen molar-refractivity contribution in [3.05, 3.63) is 16.3 Å². The van der Waals surface area contributed by atoms with Crippen LogP contribution in [0.1, 0.15) is 29.4 Å². The van der Waals surface area contributed by atoms with Crippen LogP contribution < -0.4 is 5.32 Å². The number of halogens is 2. The van der Waals surface area contributed by atoms with Gasteiger partial charge in [-0.15, -0.1) is 11.3 Å². The number of carbonyl (C=O) groups excluding carboxylic acids is 1. The quantitative estimate of drug-likeness (QED) is 0.760. The van der Waals surface area contributed by atoms with Crippen molar-refractivity contribution in [2.45, 2.75) is 36.5 Å². The average molecular weight is 295 g/mol. The second kappa shape index (κ2) is 7.70. The van der Waals surface area contributed by atoms with E-state index in [1.54, 1.807) is 5.38 Å². The van der Waals surface area contributed by atoms with Crippen molar-refractivity contribution in [2.24, 2.45) is 0 Å². The molecule has 1 rings (SSSR count). The van der Waals surface area contributed by atoms with E-state index < -0.39 is 5.76 Å². The van der Waals surface area contributed by atoms with Gasteiger partial charge in [-0.1, -0.05) is 18.7 Å². The Morgan fingerprint density at radius 3 is 2.89 bits per heavy atom. The molecule has 0 radical (unpaired) electrons. The SMILES string of the molecule is CCC(CCO)NC(=O)c1sccc1SC(F)F. The number of hydrogen-bond acceptors (Lipinski definition) is 4. The van der Waals surface area contributed by atoms with E-state index in [1.807, 2.05) is 6.92 Å². The summed E-state index contributed by atoms with van der Waals surface area (Å²) in [7, 11) is 0. The zero-order valence-electron chi connectivity index (χ0n) is 9.86. The fraction of sp³-hybridized carbons (Fsp3) is 0.545. The lowest BCUT2D eigenvalue weighted by Crippen LogP contribution is -2.34. The fourth-order valence-corrected chi connectivity index (χ4v) is 3.04. The molecule has 102 valence electrons. The van der Waals surface area contributed by atoms with Gasteiger partial charge in [0, 0.05) is 17.5 Å². The van der Waals surface area contributed by atoms with Crippen molar-refractivity contribution < 1.29 is 18.7 Å². The van der Waals surface area contributed by atoms with Crippen LogP contribution in [-0.4, -0.2) is 29.4 Å². The standard InChI is InChI=1S/C11H15F2NO2S2/c1-2-7(3-5-15)14-10(16)9-8(4-6-17-9)18-11(12)13/h4,6-7,11,15H,2-3,5H2,1H3,(H,14,16). The minimum atomic E-state index is -2.54. The highest BCUT2D eigenvalue weighted by Crippen LogP contribution is 2.31. The number of thiophene rings is 1. The third kappa shape index (κ3) is 4.55. The molecule has 0 aliphatic carbocycles. The summed E-state index contributed by atoms with van der Waals surface area (Å²) in [5.41, 5.74) is 0. The summed E-state index contributed by atoms with van der Waals surface area (Å²) in [5.74, 6) is -2.89. The molecular weight excluding hydrogens is 280 g/mol. The first-order chi connectivity index (χ1) is 8.58. The highest BCUT2D eigenvalue weighted by Gasteiger charge is 2.19. The van der Waals surface area contributed by atoms with Crippen LogP contribution in [0.2, 0.25) is 0 Å². The van der Waals surface area contributed by atoms with Gasteiger partial charge >= 0.3 is 0 Å². The molecule has 0 aromatic carbocycles. The third-order valence-electron chi connectivity index (χ3n) is 2.36. The Balaban J connectivity index is 2.68. The van der Waals surface area contributed by atoms with Crippen LogP contribution >= 0.6 is 23.1 Å². The van der Waals surface area contributed by atoms with Crippen LogP contribution in [0.25, 0.3) is 0 Å². The monoisotopic (exact) mass is 295 g/mol. The number of amides is 1. The summed E-state index contributed by atoms with van der Waals surface area (Å²) in [6, 6.07) is 1.39. The van der Waals surface area contributed by atoms with E-state index in [4.69, 9.17) is 5.11 Å². The maximum Gasteiger partial charge on any atom is 0.288 e. The number of aliphatic hydroxyl groups is 1. The van der Waals surface area contributed by atoms with Crippen LogP contribution in [0.3, 0.4) is 0 Å². The Bertz CT molecular complexity index is 385. The van der Waals surface area contributed by atoms with Gasteiger partial charge in [0.15, 0.2) is 0 Å². The Labute approximate surface area is 113 Å². The van der Waals surface area contributed by atoms with Crippen LogP contribution in [0.4, 0.5) is 8.78 Å².